The fourth-order valence-electron chi connectivity index (χ4n) is 2.44. The van der Waals surface area contributed by atoms with E-state index in [4.69, 9.17) is 5.73 Å². The van der Waals surface area contributed by atoms with Crippen molar-refractivity contribution in [1.29, 1.82) is 0 Å². The normalized spacial score (nSPS) is 14.3. The summed E-state index contributed by atoms with van der Waals surface area (Å²) in [5.74, 6) is 3.60. The third-order valence-electron chi connectivity index (χ3n) is 3.22. The Morgan fingerprint density at radius 1 is 1.33 bits per heavy atom. The average molecular weight is 279 g/mol. The highest BCUT2D eigenvalue weighted by molar-refractivity contribution is 7.98. The van der Waals surface area contributed by atoms with E-state index in [2.05, 4.69) is 16.9 Å². The Hall–Kier alpha value is -0.810. The zero-order valence-corrected chi connectivity index (χ0v) is 12.2. The first-order chi connectivity index (χ1) is 8.79. The molecule has 1 aliphatic carbocycles. The van der Waals surface area contributed by atoms with Gasteiger partial charge in [-0.3, -0.25) is 0 Å². The lowest BCUT2D eigenvalue weighted by Gasteiger charge is -2.03. The molecule has 0 unspecified atom stereocenters. The molecule has 0 saturated heterocycles. The van der Waals surface area contributed by atoms with E-state index in [1.165, 1.54) is 29.7 Å². The van der Waals surface area contributed by atoms with Gasteiger partial charge in [0.25, 0.3) is 0 Å². The highest BCUT2D eigenvalue weighted by Gasteiger charge is 2.21. The van der Waals surface area contributed by atoms with Crippen LogP contribution in [-0.2, 0) is 18.6 Å². The molecule has 2 aromatic rings. The zero-order chi connectivity index (χ0) is 12.5. The van der Waals surface area contributed by atoms with Gasteiger partial charge < -0.3 is 5.73 Å². The highest BCUT2D eigenvalue weighted by Crippen LogP contribution is 2.38. The SMILES string of the molecule is CCCSCc1nc(N)c2c3c(sc2n1)CCC3. The summed E-state index contributed by atoms with van der Waals surface area (Å²) in [4.78, 5) is 11.7. The summed E-state index contributed by atoms with van der Waals surface area (Å²) in [5.41, 5.74) is 7.54. The van der Waals surface area contributed by atoms with Crippen molar-refractivity contribution in [3.8, 4) is 0 Å². The number of nitrogens with two attached hydrogens (primary N) is 1. The summed E-state index contributed by atoms with van der Waals surface area (Å²) in [6.07, 6.45) is 4.78. The Balaban J connectivity index is 1.96. The minimum absolute atomic E-state index is 0.687. The summed E-state index contributed by atoms with van der Waals surface area (Å²) in [6, 6.07) is 0. The van der Waals surface area contributed by atoms with Crippen molar-refractivity contribution in [2.75, 3.05) is 11.5 Å². The van der Waals surface area contributed by atoms with Crippen LogP contribution in [0.25, 0.3) is 10.2 Å². The highest BCUT2D eigenvalue weighted by atomic mass is 32.2. The molecule has 2 heterocycles. The number of thiophene rings is 1. The van der Waals surface area contributed by atoms with Gasteiger partial charge in [-0.2, -0.15) is 11.8 Å². The molecule has 96 valence electrons. The van der Waals surface area contributed by atoms with Crippen LogP contribution in [0.1, 0.15) is 36.0 Å². The van der Waals surface area contributed by atoms with Gasteiger partial charge in [0, 0.05) is 4.88 Å². The van der Waals surface area contributed by atoms with Crippen LogP contribution in [0.3, 0.4) is 0 Å². The van der Waals surface area contributed by atoms with Gasteiger partial charge >= 0.3 is 0 Å². The van der Waals surface area contributed by atoms with Gasteiger partial charge in [-0.25, -0.2) is 9.97 Å². The number of rotatable bonds is 4. The van der Waals surface area contributed by atoms with E-state index in [0.717, 1.165) is 34.0 Å². The molecule has 0 saturated carbocycles. The minimum atomic E-state index is 0.687. The third kappa shape index (κ3) is 2.10. The van der Waals surface area contributed by atoms with Gasteiger partial charge in [-0.1, -0.05) is 6.92 Å². The van der Waals surface area contributed by atoms with Crippen molar-refractivity contribution in [1.82, 2.24) is 9.97 Å². The molecule has 0 aromatic carbocycles. The van der Waals surface area contributed by atoms with E-state index >= 15 is 0 Å². The molecular weight excluding hydrogens is 262 g/mol. The van der Waals surface area contributed by atoms with E-state index in [1.54, 1.807) is 0 Å². The van der Waals surface area contributed by atoms with Crippen LogP contribution >= 0.6 is 23.1 Å². The second-order valence-corrected chi connectivity index (χ2v) is 6.80. The molecule has 0 bridgehead atoms. The Kier molecular flexibility index (Phi) is 3.43. The number of hydrogen-bond acceptors (Lipinski definition) is 5. The second-order valence-electron chi connectivity index (χ2n) is 4.62. The van der Waals surface area contributed by atoms with E-state index in [0.29, 0.717) is 5.82 Å². The van der Waals surface area contributed by atoms with Gasteiger partial charge in [0.2, 0.25) is 0 Å². The largest absolute Gasteiger partial charge is 0.383 e. The minimum Gasteiger partial charge on any atom is -0.383 e. The first kappa shape index (κ1) is 12.2. The van der Waals surface area contributed by atoms with Crippen LogP contribution in [0, 0.1) is 0 Å². The maximum atomic E-state index is 6.13. The van der Waals surface area contributed by atoms with Crippen LogP contribution in [0.2, 0.25) is 0 Å². The zero-order valence-electron chi connectivity index (χ0n) is 10.5. The van der Waals surface area contributed by atoms with Crippen LogP contribution in [0.4, 0.5) is 5.82 Å². The van der Waals surface area contributed by atoms with Crippen molar-refractivity contribution in [3.05, 3.63) is 16.3 Å². The number of aromatic nitrogens is 2. The first-order valence-electron chi connectivity index (χ1n) is 6.44. The molecule has 0 spiro atoms. The molecule has 1 aliphatic rings. The van der Waals surface area contributed by atoms with Gasteiger partial charge in [-0.15, -0.1) is 11.3 Å². The summed E-state index contributed by atoms with van der Waals surface area (Å²) in [7, 11) is 0. The van der Waals surface area contributed by atoms with E-state index in [1.807, 2.05) is 23.1 Å². The number of aryl methyl sites for hydroxylation is 2. The quantitative estimate of drug-likeness (QED) is 0.871. The number of fused-ring (bicyclic) bond motifs is 3. The van der Waals surface area contributed by atoms with Crippen LogP contribution in [-0.4, -0.2) is 15.7 Å². The molecule has 0 fully saturated rings. The fraction of sp³-hybridized carbons (Fsp3) is 0.538. The molecule has 3 rings (SSSR count). The smallest absolute Gasteiger partial charge is 0.142 e. The second kappa shape index (κ2) is 5.05. The number of nitrogens with zero attached hydrogens (tertiary/aromatic N) is 2. The molecule has 0 amide bonds. The fourth-order valence-corrected chi connectivity index (χ4v) is 4.47. The lowest BCUT2D eigenvalue weighted by molar-refractivity contribution is 0.917. The predicted molar refractivity (Wildman–Crippen MR) is 80.3 cm³/mol. The Morgan fingerprint density at radius 2 is 2.22 bits per heavy atom. The first-order valence-corrected chi connectivity index (χ1v) is 8.41. The van der Waals surface area contributed by atoms with Crippen LogP contribution in [0.15, 0.2) is 0 Å². The molecular formula is C13H17N3S2. The molecule has 2 N–H and O–H groups in total. The van der Waals surface area contributed by atoms with Gasteiger partial charge in [0.15, 0.2) is 0 Å². The van der Waals surface area contributed by atoms with E-state index in [9.17, 15) is 0 Å². The molecule has 5 heteroatoms. The predicted octanol–water partition coefficient (Wildman–Crippen LogP) is 3.41. The monoisotopic (exact) mass is 279 g/mol. The van der Waals surface area contributed by atoms with Crippen molar-refractivity contribution in [3.63, 3.8) is 0 Å². The summed E-state index contributed by atoms with van der Waals surface area (Å²) in [5, 5.41) is 1.14. The Labute approximate surface area is 115 Å². The van der Waals surface area contributed by atoms with Crippen molar-refractivity contribution >= 4 is 39.1 Å². The lowest BCUT2D eigenvalue weighted by atomic mass is 10.2. The maximum absolute atomic E-state index is 6.13. The van der Waals surface area contributed by atoms with E-state index < -0.39 is 0 Å². The number of hydrogen-bond donors (Lipinski definition) is 1. The summed E-state index contributed by atoms with van der Waals surface area (Å²) < 4.78 is 0. The molecule has 18 heavy (non-hydrogen) atoms. The summed E-state index contributed by atoms with van der Waals surface area (Å²) in [6.45, 7) is 2.19. The molecule has 0 atom stereocenters. The Morgan fingerprint density at radius 3 is 3.06 bits per heavy atom. The Bertz CT molecular complexity index is 577. The topological polar surface area (TPSA) is 51.8 Å². The number of thioether (sulfide) groups is 1. The number of nitrogen functional groups attached to an aromatic ring is 1. The van der Waals surface area contributed by atoms with Gasteiger partial charge in [-0.05, 0) is 37.0 Å². The third-order valence-corrected chi connectivity index (χ3v) is 5.56. The van der Waals surface area contributed by atoms with Crippen LogP contribution in [0.5, 0.6) is 0 Å². The standard InChI is InChI=1S/C13H17N3S2/c1-2-6-17-7-10-15-12(14)11-8-4-3-5-9(8)18-13(11)16-10/h2-7H2,1H3,(H2,14,15,16). The molecule has 3 nitrogen and oxygen atoms in total. The van der Waals surface area contributed by atoms with Crippen molar-refractivity contribution in [2.45, 2.75) is 38.4 Å². The molecule has 2 aromatic heterocycles. The van der Waals surface area contributed by atoms with Crippen molar-refractivity contribution < 1.29 is 0 Å². The van der Waals surface area contributed by atoms with Gasteiger partial charge in [0.1, 0.15) is 16.5 Å². The molecule has 0 radical (unpaired) electrons. The van der Waals surface area contributed by atoms with Crippen LogP contribution < -0.4 is 5.73 Å². The number of anilines is 1. The molecule has 0 aliphatic heterocycles. The van der Waals surface area contributed by atoms with Gasteiger partial charge in [0.05, 0.1) is 11.1 Å². The maximum Gasteiger partial charge on any atom is 0.142 e. The summed E-state index contributed by atoms with van der Waals surface area (Å²) >= 11 is 3.69. The lowest BCUT2D eigenvalue weighted by Crippen LogP contribution is -1.99. The van der Waals surface area contributed by atoms with Crippen molar-refractivity contribution in [2.24, 2.45) is 0 Å². The van der Waals surface area contributed by atoms with E-state index in [-0.39, 0.29) is 0 Å². The average Bonchev–Trinajstić information content (AvgIpc) is 2.88.